The second-order valence-corrected chi connectivity index (χ2v) is 3.23. The van der Waals surface area contributed by atoms with Crippen LogP contribution in [0, 0.1) is 0 Å². The van der Waals surface area contributed by atoms with Crippen LogP contribution in [0.3, 0.4) is 0 Å². The molecule has 0 amide bonds. The Kier molecular flexibility index (Phi) is 1.88. The molecule has 2 N–H and O–H groups in total. The molecule has 0 aromatic carbocycles. The van der Waals surface area contributed by atoms with Gasteiger partial charge in [0.05, 0.1) is 0 Å². The smallest absolute Gasteiger partial charge is 0.329 e. The number of fused-ring (bicyclic) bond motifs is 1. The first-order valence-electron chi connectivity index (χ1n) is 4.39. The van der Waals surface area contributed by atoms with Gasteiger partial charge in [0.1, 0.15) is 0 Å². The molecular formula is C8H11N5O2. The van der Waals surface area contributed by atoms with Gasteiger partial charge in [0.2, 0.25) is 5.95 Å². The molecule has 7 nitrogen and oxygen atoms in total. The Morgan fingerprint density at radius 1 is 1.27 bits per heavy atom. The number of nitrogens with one attached hydrogen (secondary N) is 2. The molecule has 0 atom stereocenters. The summed E-state index contributed by atoms with van der Waals surface area (Å²) in [6.07, 6.45) is 0. The number of anilines is 1. The van der Waals surface area contributed by atoms with Gasteiger partial charge in [0, 0.05) is 21.1 Å². The zero-order valence-electron chi connectivity index (χ0n) is 8.66. The molecule has 0 aliphatic carbocycles. The van der Waals surface area contributed by atoms with E-state index in [0.717, 1.165) is 0 Å². The summed E-state index contributed by atoms with van der Waals surface area (Å²) >= 11 is 0. The Balaban J connectivity index is 3.08. The second kappa shape index (κ2) is 2.97. The van der Waals surface area contributed by atoms with Crippen LogP contribution in [0.1, 0.15) is 0 Å². The van der Waals surface area contributed by atoms with Crippen molar-refractivity contribution in [2.24, 2.45) is 14.1 Å². The number of H-pyrrole nitrogens is 1. The number of hydrogen-bond donors (Lipinski definition) is 2. The lowest BCUT2D eigenvalue weighted by Gasteiger charge is -2.02. The van der Waals surface area contributed by atoms with E-state index in [1.165, 1.54) is 4.57 Å². The molecule has 0 saturated heterocycles. The third-order valence-corrected chi connectivity index (χ3v) is 2.35. The van der Waals surface area contributed by atoms with E-state index in [-0.39, 0.29) is 5.52 Å². The Bertz CT molecular complexity index is 633. The molecule has 0 bridgehead atoms. The van der Waals surface area contributed by atoms with Crippen molar-refractivity contribution in [3.8, 4) is 0 Å². The van der Waals surface area contributed by atoms with Crippen LogP contribution in [0.2, 0.25) is 0 Å². The molecule has 0 saturated carbocycles. The highest BCUT2D eigenvalue weighted by atomic mass is 16.2. The average Bonchev–Trinajstić information content (AvgIpc) is 2.53. The lowest BCUT2D eigenvalue weighted by atomic mass is 10.5. The zero-order chi connectivity index (χ0) is 11.2. The lowest BCUT2D eigenvalue weighted by molar-refractivity contribution is 0.796. The fourth-order valence-electron chi connectivity index (χ4n) is 1.59. The molecule has 0 aliphatic rings. The van der Waals surface area contributed by atoms with Gasteiger partial charge < -0.3 is 5.32 Å². The Morgan fingerprint density at radius 3 is 2.53 bits per heavy atom. The van der Waals surface area contributed by atoms with Crippen LogP contribution < -0.4 is 16.6 Å². The molecular weight excluding hydrogens is 198 g/mol. The van der Waals surface area contributed by atoms with E-state index >= 15 is 0 Å². The summed E-state index contributed by atoms with van der Waals surface area (Å²) in [5, 5.41) is 2.84. The van der Waals surface area contributed by atoms with Crippen molar-refractivity contribution in [2.75, 3.05) is 12.4 Å². The maximum Gasteiger partial charge on any atom is 0.329 e. The summed E-state index contributed by atoms with van der Waals surface area (Å²) in [5.41, 5.74) is -0.166. The molecule has 0 aliphatic heterocycles. The maximum atomic E-state index is 11.5. The van der Waals surface area contributed by atoms with Crippen molar-refractivity contribution >= 4 is 17.1 Å². The van der Waals surface area contributed by atoms with Gasteiger partial charge >= 0.3 is 5.69 Å². The van der Waals surface area contributed by atoms with E-state index in [9.17, 15) is 9.59 Å². The van der Waals surface area contributed by atoms with E-state index < -0.39 is 11.2 Å². The highest BCUT2D eigenvalue weighted by Gasteiger charge is 2.13. The topological polar surface area (TPSA) is 84.7 Å². The van der Waals surface area contributed by atoms with Crippen molar-refractivity contribution < 1.29 is 0 Å². The molecule has 2 rings (SSSR count). The summed E-state index contributed by atoms with van der Waals surface area (Å²) in [6, 6.07) is 0. The number of aromatic amines is 1. The summed E-state index contributed by atoms with van der Waals surface area (Å²) in [5.74, 6) is 0.539. The summed E-state index contributed by atoms with van der Waals surface area (Å²) in [4.78, 5) is 29.1. The molecule has 2 aromatic heterocycles. The SMILES string of the molecule is CNc1nc2c(=O)[nH]c(=O)n(C)c2n1C. The minimum Gasteiger partial charge on any atom is -0.359 e. The minimum atomic E-state index is -0.467. The largest absolute Gasteiger partial charge is 0.359 e. The maximum absolute atomic E-state index is 11.5. The normalized spacial score (nSPS) is 10.9. The van der Waals surface area contributed by atoms with E-state index in [0.29, 0.717) is 11.6 Å². The predicted octanol–water partition coefficient (Wildman–Crippen LogP) is -0.998. The van der Waals surface area contributed by atoms with Gasteiger partial charge in [-0.15, -0.1) is 0 Å². The van der Waals surface area contributed by atoms with E-state index in [1.807, 2.05) is 0 Å². The van der Waals surface area contributed by atoms with Crippen molar-refractivity contribution in [1.82, 2.24) is 19.1 Å². The molecule has 0 spiro atoms. The minimum absolute atomic E-state index is 0.254. The molecule has 15 heavy (non-hydrogen) atoms. The molecule has 2 heterocycles. The Morgan fingerprint density at radius 2 is 1.93 bits per heavy atom. The van der Waals surface area contributed by atoms with Gasteiger partial charge in [0.15, 0.2) is 11.2 Å². The molecule has 80 valence electrons. The van der Waals surface area contributed by atoms with Crippen LogP contribution in [0.4, 0.5) is 5.95 Å². The first kappa shape index (κ1) is 9.50. The van der Waals surface area contributed by atoms with Crippen LogP contribution in [0.5, 0.6) is 0 Å². The number of hydrogen-bond acceptors (Lipinski definition) is 4. The monoisotopic (exact) mass is 209 g/mol. The Hall–Kier alpha value is -2.05. The van der Waals surface area contributed by atoms with Crippen LogP contribution in [0.25, 0.3) is 11.2 Å². The summed E-state index contributed by atoms with van der Waals surface area (Å²) < 4.78 is 3.01. The van der Waals surface area contributed by atoms with Gasteiger partial charge in [-0.05, 0) is 0 Å². The highest BCUT2D eigenvalue weighted by molar-refractivity contribution is 5.73. The van der Waals surface area contributed by atoms with Crippen LogP contribution in [-0.4, -0.2) is 26.1 Å². The number of imidazole rings is 1. The molecule has 2 aromatic rings. The van der Waals surface area contributed by atoms with Gasteiger partial charge in [-0.2, -0.15) is 0 Å². The van der Waals surface area contributed by atoms with Crippen molar-refractivity contribution in [3.05, 3.63) is 20.8 Å². The lowest BCUT2D eigenvalue weighted by Crippen LogP contribution is -2.29. The third kappa shape index (κ3) is 1.16. The van der Waals surface area contributed by atoms with Crippen molar-refractivity contribution in [3.63, 3.8) is 0 Å². The number of aryl methyl sites for hydroxylation is 2. The van der Waals surface area contributed by atoms with Gasteiger partial charge in [-0.25, -0.2) is 9.78 Å². The summed E-state index contributed by atoms with van der Waals surface area (Å²) in [7, 11) is 5.02. The van der Waals surface area contributed by atoms with E-state index in [4.69, 9.17) is 0 Å². The number of rotatable bonds is 1. The second-order valence-electron chi connectivity index (χ2n) is 3.23. The zero-order valence-corrected chi connectivity index (χ0v) is 8.66. The molecule has 0 radical (unpaired) electrons. The predicted molar refractivity (Wildman–Crippen MR) is 56.1 cm³/mol. The van der Waals surface area contributed by atoms with Crippen molar-refractivity contribution in [2.45, 2.75) is 0 Å². The standard InChI is InChI=1S/C8H11N5O2/c1-9-7-10-4-5(14)11-8(15)13(3)6(4)12(7)2/h1-3H3,(H,9,10)(H,11,14,15). The Labute approximate surface area is 84.4 Å². The van der Waals surface area contributed by atoms with E-state index in [2.05, 4.69) is 15.3 Å². The van der Waals surface area contributed by atoms with Crippen LogP contribution >= 0.6 is 0 Å². The third-order valence-electron chi connectivity index (χ3n) is 2.35. The van der Waals surface area contributed by atoms with Crippen LogP contribution in [0.15, 0.2) is 9.59 Å². The van der Waals surface area contributed by atoms with Gasteiger partial charge in [-0.1, -0.05) is 0 Å². The molecule has 0 unspecified atom stereocenters. The van der Waals surface area contributed by atoms with Gasteiger partial charge in [-0.3, -0.25) is 18.9 Å². The van der Waals surface area contributed by atoms with Crippen LogP contribution in [-0.2, 0) is 14.1 Å². The first-order valence-corrected chi connectivity index (χ1v) is 4.39. The quantitative estimate of drug-likeness (QED) is 0.631. The van der Waals surface area contributed by atoms with Gasteiger partial charge in [0.25, 0.3) is 5.56 Å². The highest BCUT2D eigenvalue weighted by Crippen LogP contribution is 2.11. The fraction of sp³-hybridized carbons (Fsp3) is 0.375. The number of aromatic nitrogens is 4. The fourth-order valence-corrected chi connectivity index (χ4v) is 1.59. The van der Waals surface area contributed by atoms with Crippen molar-refractivity contribution in [1.29, 1.82) is 0 Å². The average molecular weight is 209 g/mol. The molecule has 0 fully saturated rings. The first-order chi connectivity index (χ1) is 7.06. The van der Waals surface area contributed by atoms with E-state index in [1.54, 1.807) is 25.7 Å². The number of nitrogens with zero attached hydrogens (tertiary/aromatic N) is 3. The summed E-state index contributed by atoms with van der Waals surface area (Å²) in [6.45, 7) is 0. The molecule has 7 heteroatoms.